The maximum Gasteiger partial charge on any atom is 0.172 e. The molecule has 3 rings (SSSR count). The number of tetrazole rings is 1. The molecule has 1 aliphatic rings. The average molecular weight is 459 g/mol. The van der Waals surface area contributed by atoms with Gasteiger partial charge >= 0.3 is 0 Å². The topological polar surface area (TPSA) is 46.8 Å². The van der Waals surface area contributed by atoms with Crippen molar-refractivity contribution >= 4 is 41.7 Å². The van der Waals surface area contributed by atoms with Gasteiger partial charge in [-0.15, -0.1) is 17.5 Å². The maximum atomic E-state index is 6.36. The van der Waals surface area contributed by atoms with Crippen molar-refractivity contribution in [2.24, 2.45) is 5.41 Å². The molecular weight excluding hydrogens is 429 g/mol. The van der Waals surface area contributed by atoms with Crippen LogP contribution < -0.4 is 0 Å². The molecule has 8 heteroatoms. The molecule has 0 spiro atoms. The van der Waals surface area contributed by atoms with Gasteiger partial charge in [0.15, 0.2) is 5.82 Å². The van der Waals surface area contributed by atoms with Crippen molar-refractivity contribution in [1.82, 2.24) is 25.1 Å². The molecular formula is C21H30Cl3N5. The van der Waals surface area contributed by atoms with Crippen LogP contribution in [0.5, 0.6) is 0 Å². The molecule has 29 heavy (non-hydrogen) atoms. The normalized spacial score (nSPS) is 17.7. The van der Waals surface area contributed by atoms with Crippen LogP contribution in [0, 0.1) is 5.41 Å². The highest BCUT2D eigenvalue weighted by Crippen LogP contribution is 2.43. The predicted molar refractivity (Wildman–Crippen MR) is 123 cm³/mol. The average Bonchev–Trinajstić information content (AvgIpc) is 3.25. The number of hydrogen-bond donors (Lipinski definition) is 0. The Balaban J connectivity index is 0.00000300. The Bertz CT molecular complexity index is 848. The lowest BCUT2D eigenvalue weighted by molar-refractivity contribution is 0.130. The van der Waals surface area contributed by atoms with Crippen molar-refractivity contribution in [2.45, 2.75) is 58.0 Å². The Morgan fingerprint density at radius 3 is 2.38 bits per heavy atom. The van der Waals surface area contributed by atoms with Crippen LogP contribution in [-0.4, -0.2) is 39.2 Å². The minimum Gasteiger partial charge on any atom is -0.297 e. The molecule has 0 N–H and O–H groups in total. The monoisotopic (exact) mass is 457 g/mol. The molecule has 1 atom stereocenters. The van der Waals surface area contributed by atoms with E-state index in [1.165, 1.54) is 12.8 Å². The second kappa shape index (κ2) is 9.34. The number of benzene rings is 1. The van der Waals surface area contributed by atoms with Gasteiger partial charge in [-0.3, -0.25) is 4.90 Å². The molecule has 1 fully saturated rings. The van der Waals surface area contributed by atoms with E-state index in [2.05, 4.69) is 61.4 Å². The van der Waals surface area contributed by atoms with Gasteiger partial charge in [-0.25, -0.2) is 4.68 Å². The van der Waals surface area contributed by atoms with Crippen LogP contribution >= 0.6 is 35.6 Å². The van der Waals surface area contributed by atoms with Crippen LogP contribution in [0.2, 0.25) is 10.0 Å². The van der Waals surface area contributed by atoms with Gasteiger partial charge in [0.05, 0.1) is 11.6 Å². The SMILES string of the molecule is CN(C)C1(c2nnnn2C(/C=C/c2ccc(Cl)cc2Cl)C(C)(C)C)CCCC1.Cl. The van der Waals surface area contributed by atoms with Crippen molar-refractivity contribution in [3.05, 3.63) is 45.7 Å². The Labute approximate surface area is 189 Å². The lowest BCUT2D eigenvalue weighted by Gasteiger charge is -2.37. The van der Waals surface area contributed by atoms with Crippen molar-refractivity contribution in [3.63, 3.8) is 0 Å². The standard InChI is InChI=1S/C21H29Cl2N5.ClH/c1-20(2,3)18(11-9-15-8-10-16(22)14-17(15)23)28-19(24-25-26-28)21(27(4)5)12-6-7-13-21;/h8-11,14,18H,6-7,12-13H2,1-5H3;1H/b11-9+;. The van der Waals surface area contributed by atoms with E-state index >= 15 is 0 Å². The molecule has 1 aromatic carbocycles. The summed E-state index contributed by atoms with van der Waals surface area (Å²) in [5.41, 5.74) is 0.739. The molecule has 0 amide bonds. The molecule has 1 heterocycles. The third-order valence-electron chi connectivity index (χ3n) is 5.77. The first-order valence-corrected chi connectivity index (χ1v) is 10.5. The fourth-order valence-corrected chi connectivity index (χ4v) is 4.56. The van der Waals surface area contributed by atoms with E-state index in [-0.39, 0.29) is 29.4 Å². The summed E-state index contributed by atoms with van der Waals surface area (Å²) in [4.78, 5) is 2.28. The zero-order chi connectivity index (χ0) is 20.5. The molecule has 0 radical (unpaired) electrons. The van der Waals surface area contributed by atoms with Crippen LogP contribution in [0.15, 0.2) is 24.3 Å². The Morgan fingerprint density at radius 1 is 1.17 bits per heavy atom. The number of nitrogens with zero attached hydrogens (tertiary/aromatic N) is 5. The van der Waals surface area contributed by atoms with Gasteiger partial charge in [0.25, 0.3) is 0 Å². The lowest BCUT2D eigenvalue weighted by Crippen LogP contribution is -2.42. The fraction of sp³-hybridized carbons (Fsp3) is 0.571. The molecule has 1 aromatic heterocycles. The fourth-order valence-electron chi connectivity index (χ4n) is 4.09. The van der Waals surface area contributed by atoms with E-state index in [0.29, 0.717) is 10.0 Å². The highest BCUT2D eigenvalue weighted by Gasteiger charge is 2.44. The van der Waals surface area contributed by atoms with Gasteiger partial charge in [0.1, 0.15) is 0 Å². The summed E-state index contributed by atoms with van der Waals surface area (Å²) >= 11 is 12.4. The second-order valence-electron chi connectivity index (χ2n) is 8.92. The molecule has 160 valence electrons. The van der Waals surface area contributed by atoms with Gasteiger partial charge < -0.3 is 0 Å². The predicted octanol–water partition coefficient (Wildman–Crippen LogP) is 6.03. The largest absolute Gasteiger partial charge is 0.297 e. The van der Waals surface area contributed by atoms with E-state index in [0.717, 1.165) is 24.2 Å². The number of halogens is 3. The van der Waals surface area contributed by atoms with Gasteiger partial charge in [-0.2, -0.15) is 0 Å². The van der Waals surface area contributed by atoms with Crippen LogP contribution in [0.3, 0.4) is 0 Å². The number of rotatable bonds is 5. The first-order valence-electron chi connectivity index (χ1n) is 9.74. The minimum absolute atomic E-state index is 0. The van der Waals surface area contributed by atoms with E-state index < -0.39 is 0 Å². The molecule has 0 saturated heterocycles. The molecule has 0 bridgehead atoms. The highest BCUT2D eigenvalue weighted by atomic mass is 35.5. The molecule has 0 aliphatic heterocycles. The van der Waals surface area contributed by atoms with Gasteiger partial charge in [0.2, 0.25) is 0 Å². The van der Waals surface area contributed by atoms with Gasteiger partial charge in [-0.05, 0) is 60.5 Å². The summed E-state index contributed by atoms with van der Waals surface area (Å²) in [6.07, 6.45) is 8.72. The zero-order valence-corrected chi connectivity index (χ0v) is 20.0. The van der Waals surface area contributed by atoms with Gasteiger partial charge in [-0.1, -0.05) is 75.0 Å². The molecule has 1 saturated carbocycles. The Hall–Kier alpha value is -1.14. The summed E-state index contributed by atoms with van der Waals surface area (Å²) in [5.74, 6) is 0.946. The van der Waals surface area contributed by atoms with E-state index in [1.54, 1.807) is 6.07 Å². The third-order valence-corrected chi connectivity index (χ3v) is 6.33. The van der Waals surface area contributed by atoms with Crippen molar-refractivity contribution in [1.29, 1.82) is 0 Å². The van der Waals surface area contributed by atoms with Crippen LogP contribution in [0.4, 0.5) is 0 Å². The molecule has 1 unspecified atom stereocenters. The highest BCUT2D eigenvalue weighted by molar-refractivity contribution is 6.35. The summed E-state index contributed by atoms with van der Waals surface area (Å²) in [6, 6.07) is 5.53. The first kappa shape index (κ1) is 24.1. The summed E-state index contributed by atoms with van der Waals surface area (Å²) in [6.45, 7) is 6.61. The Morgan fingerprint density at radius 2 is 1.83 bits per heavy atom. The van der Waals surface area contributed by atoms with Gasteiger partial charge in [0, 0.05) is 10.0 Å². The van der Waals surface area contributed by atoms with E-state index in [4.69, 9.17) is 23.2 Å². The molecule has 2 aromatic rings. The third kappa shape index (κ3) is 4.96. The van der Waals surface area contributed by atoms with E-state index in [1.807, 2.05) is 22.9 Å². The summed E-state index contributed by atoms with van der Waals surface area (Å²) < 4.78 is 2.01. The van der Waals surface area contributed by atoms with Crippen LogP contribution in [-0.2, 0) is 5.54 Å². The quantitative estimate of drug-likeness (QED) is 0.548. The summed E-state index contributed by atoms with van der Waals surface area (Å²) in [5, 5.41) is 14.3. The minimum atomic E-state index is -0.112. The number of aromatic nitrogens is 4. The molecule has 1 aliphatic carbocycles. The van der Waals surface area contributed by atoms with Crippen LogP contribution in [0.1, 0.15) is 63.9 Å². The molecule has 5 nitrogen and oxygen atoms in total. The second-order valence-corrected chi connectivity index (χ2v) is 9.76. The maximum absolute atomic E-state index is 6.36. The first-order chi connectivity index (χ1) is 13.1. The summed E-state index contributed by atoms with van der Waals surface area (Å²) in [7, 11) is 4.25. The zero-order valence-electron chi connectivity index (χ0n) is 17.7. The lowest BCUT2D eigenvalue weighted by atomic mass is 9.85. The van der Waals surface area contributed by atoms with Crippen molar-refractivity contribution in [3.8, 4) is 0 Å². The smallest absolute Gasteiger partial charge is 0.172 e. The Kier molecular flexibility index (Phi) is 7.77. The van der Waals surface area contributed by atoms with Crippen molar-refractivity contribution < 1.29 is 0 Å². The number of allylic oxidation sites excluding steroid dienone is 1. The van der Waals surface area contributed by atoms with E-state index in [9.17, 15) is 0 Å². The van der Waals surface area contributed by atoms with Crippen molar-refractivity contribution in [2.75, 3.05) is 14.1 Å². The number of hydrogen-bond acceptors (Lipinski definition) is 4. The van der Waals surface area contributed by atoms with Crippen LogP contribution in [0.25, 0.3) is 6.08 Å².